The highest BCUT2D eigenvalue weighted by Crippen LogP contribution is 2.37. The zero-order chi connectivity index (χ0) is 16.9. The van der Waals surface area contributed by atoms with Crippen molar-refractivity contribution in [3.05, 3.63) is 38.8 Å². The zero-order valence-corrected chi connectivity index (χ0v) is 14.6. The molecule has 126 valence electrons. The molecule has 0 aliphatic carbocycles. The van der Waals surface area contributed by atoms with Crippen LogP contribution in [0.2, 0.25) is 5.02 Å². The number of carbonyl (C=O) groups excluding carboxylic acids is 1. The fraction of sp³-hybridized carbons (Fsp3) is 0.312. The summed E-state index contributed by atoms with van der Waals surface area (Å²) < 4.78 is 11.2. The van der Waals surface area contributed by atoms with E-state index in [0.717, 1.165) is 22.7 Å². The van der Waals surface area contributed by atoms with E-state index < -0.39 is 0 Å². The predicted molar refractivity (Wildman–Crippen MR) is 93.4 cm³/mol. The van der Waals surface area contributed by atoms with Crippen molar-refractivity contribution in [1.29, 1.82) is 0 Å². The maximum atomic E-state index is 11.8. The van der Waals surface area contributed by atoms with Gasteiger partial charge in [-0.25, -0.2) is 10.4 Å². The Kier molecular flexibility index (Phi) is 5.32. The molecule has 1 N–H and O–H groups in total. The first-order valence-electron chi connectivity index (χ1n) is 7.44. The highest BCUT2D eigenvalue weighted by atomic mass is 35.5. The van der Waals surface area contributed by atoms with Crippen LogP contribution < -0.4 is 14.9 Å². The molecule has 0 atom stereocenters. The third-order valence-electron chi connectivity index (χ3n) is 3.21. The van der Waals surface area contributed by atoms with Crippen LogP contribution in [0.15, 0.2) is 22.6 Å². The summed E-state index contributed by atoms with van der Waals surface area (Å²) in [5, 5.41) is 7.09. The van der Waals surface area contributed by atoms with Gasteiger partial charge in [0.1, 0.15) is 5.01 Å². The lowest BCUT2D eigenvalue weighted by Gasteiger charge is -2.09. The summed E-state index contributed by atoms with van der Waals surface area (Å²) in [6, 6.07) is 3.50. The van der Waals surface area contributed by atoms with E-state index in [4.69, 9.17) is 21.1 Å². The first kappa shape index (κ1) is 16.7. The number of rotatable bonds is 4. The van der Waals surface area contributed by atoms with Gasteiger partial charge in [-0.2, -0.15) is 5.10 Å². The summed E-state index contributed by atoms with van der Waals surface area (Å²) in [5.41, 5.74) is 4.11. The number of aromatic nitrogens is 1. The molecule has 6 nitrogen and oxygen atoms in total. The van der Waals surface area contributed by atoms with Crippen molar-refractivity contribution in [2.45, 2.75) is 19.8 Å². The van der Waals surface area contributed by atoms with Gasteiger partial charge in [-0.3, -0.25) is 4.79 Å². The van der Waals surface area contributed by atoms with Gasteiger partial charge in [-0.15, -0.1) is 11.3 Å². The molecule has 0 radical (unpaired) electrons. The monoisotopic (exact) mass is 365 g/mol. The van der Waals surface area contributed by atoms with Gasteiger partial charge in [0.25, 0.3) is 0 Å². The van der Waals surface area contributed by atoms with E-state index in [0.29, 0.717) is 29.7 Å². The molecule has 0 spiro atoms. The number of carbonyl (C=O) groups is 1. The van der Waals surface area contributed by atoms with E-state index in [1.807, 2.05) is 12.3 Å². The second-order valence-corrected chi connectivity index (χ2v) is 6.58. The molecule has 1 aliphatic heterocycles. The number of nitrogens with one attached hydrogen (secondary N) is 1. The number of hydrazone groups is 1. The quantitative estimate of drug-likeness (QED) is 0.667. The molecule has 0 saturated carbocycles. The molecule has 8 heteroatoms. The summed E-state index contributed by atoms with van der Waals surface area (Å²) in [7, 11) is 0. The Balaban J connectivity index is 1.63. The first-order valence-corrected chi connectivity index (χ1v) is 8.69. The molecule has 0 fully saturated rings. The van der Waals surface area contributed by atoms with Gasteiger partial charge in [-0.05, 0) is 24.6 Å². The van der Waals surface area contributed by atoms with Gasteiger partial charge >= 0.3 is 0 Å². The molecule has 1 amide bonds. The molecular formula is C16H16ClN3O3S. The van der Waals surface area contributed by atoms with Gasteiger partial charge < -0.3 is 9.47 Å². The smallest absolute Gasteiger partial charge is 0.246 e. The Morgan fingerprint density at radius 3 is 3.08 bits per heavy atom. The van der Waals surface area contributed by atoms with Gasteiger partial charge in [0.15, 0.2) is 11.5 Å². The van der Waals surface area contributed by atoms with Crippen molar-refractivity contribution in [2.24, 2.45) is 5.10 Å². The number of fused-ring (bicyclic) bond motifs is 1. The second kappa shape index (κ2) is 7.63. The lowest BCUT2D eigenvalue weighted by Crippen LogP contribution is -2.19. The number of halogens is 1. The Morgan fingerprint density at radius 2 is 2.29 bits per heavy atom. The minimum Gasteiger partial charge on any atom is -0.489 e. The number of aryl methyl sites for hydroxylation is 1. The lowest BCUT2D eigenvalue weighted by molar-refractivity contribution is -0.120. The van der Waals surface area contributed by atoms with Gasteiger partial charge in [0.2, 0.25) is 5.91 Å². The van der Waals surface area contributed by atoms with E-state index in [-0.39, 0.29) is 12.3 Å². The molecule has 0 saturated heterocycles. The number of hydrogen-bond acceptors (Lipinski definition) is 6. The van der Waals surface area contributed by atoms with Crippen molar-refractivity contribution in [2.75, 3.05) is 13.2 Å². The predicted octanol–water partition coefficient (Wildman–Crippen LogP) is 2.96. The molecular weight excluding hydrogens is 350 g/mol. The number of benzene rings is 1. The van der Waals surface area contributed by atoms with Crippen LogP contribution in [-0.2, 0) is 11.2 Å². The van der Waals surface area contributed by atoms with Crippen molar-refractivity contribution in [1.82, 2.24) is 10.4 Å². The van der Waals surface area contributed by atoms with Crippen LogP contribution in [0.3, 0.4) is 0 Å². The number of amides is 1. The maximum absolute atomic E-state index is 11.8. The van der Waals surface area contributed by atoms with E-state index in [9.17, 15) is 4.79 Å². The average Bonchev–Trinajstić information content (AvgIpc) is 2.80. The summed E-state index contributed by atoms with van der Waals surface area (Å²) in [6.07, 6.45) is 2.53. The summed E-state index contributed by atoms with van der Waals surface area (Å²) in [6.45, 7) is 3.05. The summed E-state index contributed by atoms with van der Waals surface area (Å²) >= 11 is 7.67. The Bertz CT molecular complexity index is 776. The van der Waals surface area contributed by atoms with Crippen LogP contribution in [0.1, 0.15) is 22.7 Å². The zero-order valence-electron chi connectivity index (χ0n) is 13.0. The molecule has 0 unspecified atom stereocenters. The van der Waals surface area contributed by atoms with E-state index in [1.165, 1.54) is 17.6 Å². The first-order chi connectivity index (χ1) is 11.6. The SMILES string of the molecule is Cc1csc(CC(=O)N/N=C\c2cc(Cl)c3c(c2)OCCCO3)n1. The largest absolute Gasteiger partial charge is 0.489 e. The van der Waals surface area contributed by atoms with Crippen molar-refractivity contribution in [3.8, 4) is 11.5 Å². The number of thiazole rings is 1. The van der Waals surface area contributed by atoms with E-state index >= 15 is 0 Å². The van der Waals surface area contributed by atoms with Crippen molar-refractivity contribution < 1.29 is 14.3 Å². The summed E-state index contributed by atoms with van der Waals surface area (Å²) in [4.78, 5) is 16.1. The highest BCUT2D eigenvalue weighted by Gasteiger charge is 2.15. The normalized spacial score (nSPS) is 13.8. The standard InChI is InChI=1S/C16H16ClN3O3S/c1-10-9-24-15(19-10)7-14(21)20-18-8-11-5-12(17)16-13(6-11)22-3-2-4-23-16/h5-6,8-9H,2-4,7H2,1H3,(H,20,21)/b18-8-. The van der Waals surface area contributed by atoms with Gasteiger partial charge in [0.05, 0.1) is 30.9 Å². The molecule has 1 aromatic heterocycles. The van der Waals surface area contributed by atoms with E-state index in [1.54, 1.807) is 12.1 Å². The van der Waals surface area contributed by atoms with Crippen LogP contribution in [0.25, 0.3) is 0 Å². The molecule has 24 heavy (non-hydrogen) atoms. The fourth-order valence-electron chi connectivity index (χ4n) is 2.16. The second-order valence-electron chi connectivity index (χ2n) is 5.23. The Hall–Kier alpha value is -2.12. The number of hydrogen-bond donors (Lipinski definition) is 1. The number of ether oxygens (including phenoxy) is 2. The van der Waals surface area contributed by atoms with E-state index in [2.05, 4.69) is 15.5 Å². The van der Waals surface area contributed by atoms with Gasteiger partial charge in [-0.1, -0.05) is 11.6 Å². The average molecular weight is 366 g/mol. The molecule has 2 aromatic rings. The third-order valence-corrected chi connectivity index (χ3v) is 4.45. The Morgan fingerprint density at radius 1 is 1.46 bits per heavy atom. The summed E-state index contributed by atoms with van der Waals surface area (Å²) in [5.74, 6) is 0.918. The topological polar surface area (TPSA) is 72.8 Å². The van der Waals surface area contributed by atoms with Crippen molar-refractivity contribution >= 4 is 35.1 Å². The molecule has 3 rings (SSSR count). The van der Waals surface area contributed by atoms with Crippen molar-refractivity contribution in [3.63, 3.8) is 0 Å². The van der Waals surface area contributed by atoms with Crippen LogP contribution >= 0.6 is 22.9 Å². The lowest BCUT2D eigenvalue weighted by atomic mass is 10.2. The third kappa shape index (κ3) is 4.24. The van der Waals surface area contributed by atoms with Crippen LogP contribution in [0, 0.1) is 6.92 Å². The maximum Gasteiger partial charge on any atom is 0.246 e. The molecule has 0 bridgehead atoms. The molecule has 2 heterocycles. The fourth-order valence-corrected chi connectivity index (χ4v) is 3.21. The molecule has 1 aromatic carbocycles. The Labute approximate surface area is 148 Å². The number of nitrogens with zero attached hydrogens (tertiary/aromatic N) is 2. The highest BCUT2D eigenvalue weighted by molar-refractivity contribution is 7.09. The van der Waals surface area contributed by atoms with Crippen LogP contribution in [0.4, 0.5) is 0 Å². The van der Waals surface area contributed by atoms with Crippen LogP contribution in [-0.4, -0.2) is 30.3 Å². The van der Waals surface area contributed by atoms with Gasteiger partial charge in [0, 0.05) is 17.5 Å². The van der Waals surface area contributed by atoms with Crippen LogP contribution in [0.5, 0.6) is 11.5 Å². The minimum absolute atomic E-state index is 0.206. The minimum atomic E-state index is -0.221. The molecule has 1 aliphatic rings.